The summed E-state index contributed by atoms with van der Waals surface area (Å²) >= 11 is 0. The number of carbonyl (C=O) groups is 1. The van der Waals surface area contributed by atoms with Crippen LogP contribution < -0.4 is 10.1 Å². The third-order valence-corrected chi connectivity index (χ3v) is 6.94. The van der Waals surface area contributed by atoms with E-state index in [0.29, 0.717) is 12.3 Å². The second-order valence-corrected chi connectivity index (χ2v) is 9.95. The Morgan fingerprint density at radius 3 is 2.39 bits per heavy atom. The summed E-state index contributed by atoms with van der Waals surface area (Å²) in [4.78, 5) is 12.6. The highest BCUT2D eigenvalue weighted by molar-refractivity contribution is 7.92. The maximum Gasteiger partial charge on any atom is 0.322 e. The molecule has 31 heavy (non-hydrogen) atoms. The van der Waals surface area contributed by atoms with Crippen LogP contribution in [0.3, 0.4) is 0 Å². The molecule has 3 aromatic rings. The lowest BCUT2D eigenvalue weighted by Crippen LogP contribution is -2.14. The van der Waals surface area contributed by atoms with Gasteiger partial charge in [0.1, 0.15) is 5.75 Å². The number of aromatic nitrogens is 2. The lowest BCUT2D eigenvalue weighted by Gasteiger charge is -2.08. The molecule has 1 aromatic heterocycles. The number of nitrogens with zero attached hydrogens (tertiary/aromatic N) is 2. The summed E-state index contributed by atoms with van der Waals surface area (Å²) in [7, 11) is -1.71. The second-order valence-electron chi connectivity index (χ2n) is 7.44. The molecule has 1 amide bonds. The van der Waals surface area contributed by atoms with Crippen LogP contribution in [-0.4, -0.2) is 36.9 Å². The van der Waals surface area contributed by atoms with Crippen molar-refractivity contribution in [1.82, 2.24) is 10.2 Å². The maximum absolute atomic E-state index is 12.3. The van der Waals surface area contributed by atoms with Gasteiger partial charge in [0.2, 0.25) is 11.8 Å². The van der Waals surface area contributed by atoms with Gasteiger partial charge in [-0.3, -0.25) is 10.1 Å². The SMILES string of the molecule is COc1ccc(CC(=O)Nc2nnc(Cc3ccc(S(=O)(=O)C(C)C)cc3)o2)cc1C. The van der Waals surface area contributed by atoms with E-state index in [1.54, 1.807) is 45.2 Å². The zero-order valence-electron chi connectivity index (χ0n) is 17.9. The number of nitrogens with one attached hydrogen (secondary N) is 1. The van der Waals surface area contributed by atoms with Crippen LogP contribution in [0.2, 0.25) is 0 Å². The quantitative estimate of drug-likeness (QED) is 0.568. The lowest BCUT2D eigenvalue weighted by atomic mass is 10.1. The Bertz CT molecular complexity index is 1170. The van der Waals surface area contributed by atoms with Crippen molar-refractivity contribution in [2.75, 3.05) is 12.4 Å². The average molecular weight is 444 g/mol. The number of hydrogen-bond donors (Lipinski definition) is 1. The van der Waals surface area contributed by atoms with Crippen LogP contribution in [0.25, 0.3) is 0 Å². The van der Waals surface area contributed by atoms with Gasteiger partial charge in [0, 0.05) is 0 Å². The van der Waals surface area contributed by atoms with Gasteiger partial charge in [-0.1, -0.05) is 29.4 Å². The molecule has 0 saturated carbocycles. The summed E-state index contributed by atoms with van der Waals surface area (Å²) in [6, 6.07) is 12.1. The molecule has 0 radical (unpaired) electrons. The van der Waals surface area contributed by atoms with Crippen LogP contribution >= 0.6 is 0 Å². The number of carbonyl (C=O) groups excluding carboxylic acids is 1. The van der Waals surface area contributed by atoms with Crippen molar-refractivity contribution in [2.45, 2.75) is 43.8 Å². The largest absolute Gasteiger partial charge is 0.496 e. The number of ether oxygens (including phenoxy) is 1. The molecule has 0 atom stereocenters. The van der Waals surface area contributed by atoms with E-state index in [2.05, 4.69) is 15.5 Å². The fourth-order valence-corrected chi connectivity index (χ4v) is 4.08. The standard InChI is InChI=1S/C22H25N3O5S/c1-14(2)31(27,28)18-8-5-16(6-9-18)13-21-24-25-22(30-21)23-20(26)12-17-7-10-19(29-4)15(3)11-17/h5-11,14H,12-13H2,1-4H3,(H,23,25,26). The monoisotopic (exact) mass is 443 g/mol. The Kier molecular flexibility index (Phi) is 6.74. The molecule has 1 N–H and O–H groups in total. The molecule has 0 aliphatic heterocycles. The zero-order valence-corrected chi connectivity index (χ0v) is 18.7. The minimum Gasteiger partial charge on any atom is -0.496 e. The van der Waals surface area contributed by atoms with E-state index in [4.69, 9.17) is 9.15 Å². The number of sulfone groups is 1. The van der Waals surface area contributed by atoms with Crippen molar-refractivity contribution in [1.29, 1.82) is 0 Å². The van der Waals surface area contributed by atoms with E-state index >= 15 is 0 Å². The minimum atomic E-state index is -3.31. The maximum atomic E-state index is 12.3. The van der Waals surface area contributed by atoms with Gasteiger partial charge in [0.15, 0.2) is 9.84 Å². The Balaban J connectivity index is 1.60. The summed E-state index contributed by atoms with van der Waals surface area (Å²) in [6.45, 7) is 5.20. The number of benzene rings is 2. The molecular formula is C22H25N3O5S. The Morgan fingerprint density at radius 2 is 1.77 bits per heavy atom. The van der Waals surface area contributed by atoms with Crippen molar-refractivity contribution in [3.05, 3.63) is 65.0 Å². The second kappa shape index (κ2) is 9.30. The fourth-order valence-electron chi connectivity index (χ4n) is 3.02. The van der Waals surface area contributed by atoms with Crippen LogP contribution in [0.15, 0.2) is 51.8 Å². The topological polar surface area (TPSA) is 111 Å². The molecule has 3 rings (SSSR count). The number of rotatable bonds is 8. The van der Waals surface area contributed by atoms with E-state index in [1.807, 2.05) is 25.1 Å². The molecule has 0 aliphatic rings. The van der Waals surface area contributed by atoms with Gasteiger partial charge in [0.25, 0.3) is 0 Å². The molecule has 2 aromatic carbocycles. The Hall–Kier alpha value is -3.20. The summed E-state index contributed by atoms with van der Waals surface area (Å²) in [6.07, 6.45) is 0.483. The first-order valence-corrected chi connectivity index (χ1v) is 11.3. The number of methoxy groups -OCH3 is 1. The van der Waals surface area contributed by atoms with E-state index in [9.17, 15) is 13.2 Å². The predicted molar refractivity (Wildman–Crippen MR) is 116 cm³/mol. The highest BCUT2D eigenvalue weighted by Gasteiger charge is 2.19. The molecule has 0 unspecified atom stereocenters. The van der Waals surface area contributed by atoms with Crippen LogP contribution in [-0.2, 0) is 27.5 Å². The third-order valence-electron chi connectivity index (χ3n) is 4.76. The molecule has 9 heteroatoms. The zero-order chi connectivity index (χ0) is 22.6. The van der Waals surface area contributed by atoms with Crippen LogP contribution in [0.5, 0.6) is 5.75 Å². The van der Waals surface area contributed by atoms with E-state index in [1.165, 1.54) is 0 Å². The molecule has 0 saturated heterocycles. The van der Waals surface area contributed by atoms with Gasteiger partial charge in [-0.05, 0) is 55.7 Å². The van der Waals surface area contributed by atoms with Crippen molar-refractivity contribution in [3.63, 3.8) is 0 Å². The van der Waals surface area contributed by atoms with Gasteiger partial charge in [0.05, 0.1) is 30.1 Å². The lowest BCUT2D eigenvalue weighted by molar-refractivity contribution is -0.115. The van der Waals surface area contributed by atoms with E-state index in [-0.39, 0.29) is 23.2 Å². The molecule has 8 nitrogen and oxygen atoms in total. The fraction of sp³-hybridized carbons (Fsp3) is 0.318. The molecule has 0 spiro atoms. The highest BCUT2D eigenvalue weighted by Crippen LogP contribution is 2.20. The van der Waals surface area contributed by atoms with Crippen molar-refractivity contribution in [2.24, 2.45) is 0 Å². The van der Waals surface area contributed by atoms with Crippen molar-refractivity contribution in [3.8, 4) is 5.75 Å². The normalized spacial score (nSPS) is 11.5. The summed E-state index contributed by atoms with van der Waals surface area (Å²) in [5.74, 6) is 0.804. The van der Waals surface area contributed by atoms with Crippen LogP contribution in [0, 0.1) is 6.92 Å². The highest BCUT2D eigenvalue weighted by atomic mass is 32.2. The van der Waals surface area contributed by atoms with E-state index < -0.39 is 15.1 Å². The number of hydrogen-bond acceptors (Lipinski definition) is 7. The summed E-state index contributed by atoms with van der Waals surface area (Å²) in [5, 5.41) is 9.91. The summed E-state index contributed by atoms with van der Waals surface area (Å²) < 4.78 is 35.1. The Labute approximate surface area is 181 Å². The first-order valence-electron chi connectivity index (χ1n) is 9.77. The number of aryl methyl sites for hydroxylation is 1. The first kappa shape index (κ1) is 22.5. The predicted octanol–water partition coefficient (Wildman–Crippen LogP) is 3.34. The van der Waals surface area contributed by atoms with Crippen LogP contribution in [0.1, 0.15) is 36.4 Å². The minimum absolute atomic E-state index is 0.0178. The van der Waals surface area contributed by atoms with Gasteiger partial charge in [-0.2, -0.15) is 0 Å². The van der Waals surface area contributed by atoms with Crippen molar-refractivity contribution >= 4 is 21.8 Å². The van der Waals surface area contributed by atoms with Crippen LogP contribution in [0.4, 0.5) is 6.01 Å². The third kappa shape index (κ3) is 5.49. The number of amides is 1. The molecule has 164 valence electrons. The Morgan fingerprint density at radius 1 is 1.10 bits per heavy atom. The molecule has 0 bridgehead atoms. The van der Waals surface area contributed by atoms with Gasteiger partial charge in [-0.15, -0.1) is 5.10 Å². The summed E-state index contributed by atoms with van der Waals surface area (Å²) in [5.41, 5.74) is 2.60. The molecule has 1 heterocycles. The average Bonchev–Trinajstić information content (AvgIpc) is 3.15. The number of anilines is 1. The molecular weight excluding hydrogens is 418 g/mol. The van der Waals surface area contributed by atoms with Gasteiger partial charge < -0.3 is 9.15 Å². The first-order chi connectivity index (χ1) is 14.7. The molecule has 0 fully saturated rings. The van der Waals surface area contributed by atoms with Gasteiger partial charge >= 0.3 is 6.01 Å². The smallest absolute Gasteiger partial charge is 0.322 e. The van der Waals surface area contributed by atoms with Gasteiger partial charge in [-0.25, -0.2) is 8.42 Å². The van der Waals surface area contributed by atoms with Crippen molar-refractivity contribution < 1.29 is 22.4 Å². The molecule has 0 aliphatic carbocycles. The van der Waals surface area contributed by atoms with E-state index in [0.717, 1.165) is 22.4 Å².